The fourth-order valence-corrected chi connectivity index (χ4v) is 3.18. The number of fused-ring (bicyclic) bond motifs is 1. The maximum Gasteiger partial charge on any atom is 0.233 e. The van der Waals surface area contributed by atoms with Gasteiger partial charge < -0.3 is 4.74 Å². The van der Waals surface area contributed by atoms with Gasteiger partial charge in [-0.2, -0.15) is 0 Å². The van der Waals surface area contributed by atoms with Gasteiger partial charge in [-0.1, -0.05) is 23.8 Å². The number of nitrogens with zero attached hydrogens (tertiary/aromatic N) is 1. The van der Waals surface area contributed by atoms with E-state index < -0.39 is 0 Å². The first-order valence-electron chi connectivity index (χ1n) is 7.24. The van der Waals surface area contributed by atoms with E-state index in [1.54, 1.807) is 7.11 Å². The van der Waals surface area contributed by atoms with Crippen LogP contribution in [-0.4, -0.2) is 23.8 Å². The van der Waals surface area contributed by atoms with Gasteiger partial charge in [-0.15, -0.1) is 0 Å². The van der Waals surface area contributed by atoms with Gasteiger partial charge in [-0.25, -0.2) is 0 Å². The second-order valence-electron chi connectivity index (χ2n) is 5.81. The van der Waals surface area contributed by atoms with Crippen LogP contribution in [0.5, 0.6) is 5.75 Å². The summed E-state index contributed by atoms with van der Waals surface area (Å²) in [7, 11) is 1.61. The van der Waals surface area contributed by atoms with Crippen LogP contribution in [-0.2, 0) is 16.1 Å². The Morgan fingerprint density at radius 2 is 1.81 bits per heavy atom. The van der Waals surface area contributed by atoms with Crippen LogP contribution in [0.2, 0.25) is 0 Å². The summed E-state index contributed by atoms with van der Waals surface area (Å²) < 4.78 is 5.12. The number of likely N-dealkylation sites (tertiary alicyclic amines) is 1. The zero-order chi connectivity index (χ0) is 15.0. The Hall–Kier alpha value is -2.10. The molecule has 1 aliphatic heterocycles. The minimum atomic E-state index is -0.153. The molecule has 1 heterocycles. The Kier molecular flexibility index (Phi) is 3.53. The maximum atomic E-state index is 12.5. The van der Waals surface area contributed by atoms with Gasteiger partial charge in [0.05, 0.1) is 25.5 Å². The highest BCUT2D eigenvalue weighted by Crippen LogP contribution is 2.38. The molecule has 3 rings (SSSR count). The van der Waals surface area contributed by atoms with Gasteiger partial charge in [0.25, 0.3) is 0 Å². The monoisotopic (exact) mass is 285 g/mol. The van der Waals surface area contributed by atoms with Gasteiger partial charge in [-0.05, 0) is 37.5 Å². The van der Waals surface area contributed by atoms with Crippen LogP contribution in [0.3, 0.4) is 0 Å². The van der Waals surface area contributed by atoms with Crippen molar-refractivity contribution in [2.45, 2.75) is 26.3 Å². The average Bonchev–Trinajstić information content (AvgIpc) is 2.73. The van der Waals surface area contributed by atoms with Crippen molar-refractivity contribution in [2.24, 2.45) is 11.8 Å². The highest BCUT2D eigenvalue weighted by atomic mass is 16.5. The number of hydrogen-bond donors (Lipinski definition) is 0. The van der Waals surface area contributed by atoms with E-state index in [9.17, 15) is 9.59 Å². The minimum Gasteiger partial charge on any atom is -0.497 e. The molecule has 1 aromatic carbocycles. The maximum absolute atomic E-state index is 12.5. The molecule has 0 bridgehead atoms. The van der Waals surface area contributed by atoms with Crippen LogP contribution < -0.4 is 4.74 Å². The Bertz CT molecular complexity index is 603. The number of carbonyl (C=O) groups is 2. The molecule has 0 unspecified atom stereocenters. The van der Waals surface area contributed by atoms with Crippen molar-refractivity contribution in [1.29, 1.82) is 0 Å². The molecule has 0 aromatic heterocycles. The summed E-state index contributed by atoms with van der Waals surface area (Å²) in [5.41, 5.74) is 2.16. The molecule has 4 heteroatoms. The number of rotatable bonds is 3. The van der Waals surface area contributed by atoms with Gasteiger partial charge in [0, 0.05) is 0 Å². The highest BCUT2D eigenvalue weighted by Gasteiger charge is 2.47. The summed E-state index contributed by atoms with van der Waals surface area (Å²) in [6.07, 6.45) is 3.50. The Balaban J connectivity index is 1.77. The lowest BCUT2D eigenvalue weighted by Crippen LogP contribution is -2.30. The van der Waals surface area contributed by atoms with Crippen LogP contribution in [0.15, 0.2) is 35.9 Å². The molecule has 0 saturated carbocycles. The molecular weight excluding hydrogens is 266 g/mol. The standard InChI is InChI=1S/C17H19NO3/c1-11-3-8-14-15(9-11)17(20)18(16(14)19)10-12-4-6-13(21-2)7-5-12/h3-7,14-15H,8-10H2,1-2H3/t14-,15-/m1/s1. The molecule has 1 fully saturated rings. The van der Waals surface area contributed by atoms with E-state index >= 15 is 0 Å². The van der Waals surface area contributed by atoms with Crippen LogP contribution in [0.1, 0.15) is 25.3 Å². The number of ether oxygens (including phenoxy) is 1. The zero-order valence-electron chi connectivity index (χ0n) is 12.3. The molecule has 110 valence electrons. The lowest BCUT2D eigenvalue weighted by molar-refractivity contribution is -0.140. The molecule has 0 N–H and O–H groups in total. The number of imide groups is 1. The average molecular weight is 285 g/mol. The van der Waals surface area contributed by atoms with Crippen molar-refractivity contribution in [1.82, 2.24) is 4.90 Å². The molecule has 0 radical (unpaired) electrons. The summed E-state index contributed by atoms with van der Waals surface area (Å²) in [4.78, 5) is 26.3. The van der Waals surface area contributed by atoms with E-state index in [0.29, 0.717) is 19.4 Å². The quantitative estimate of drug-likeness (QED) is 0.633. The van der Waals surface area contributed by atoms with Gasteiger partial charge >= 0.3 is 0 Å². The second-order valence-corrected chi connectivity index (χ2v) is 5.81. The van der Waals surface area contributed by atoms with E-state index in [-0.39, 0.29) is 23.7 Å². The van der Waals surface area contributed by atoms with Gasteiger partial charge in [0.2, 0.25) is 11.8 Å². The van der Waals surface area contributed by atoms with Gasteiger partial charge in [0.1, 0.15) is 5.75 Å². The molecule has 21 heavy (non-hydrogen) atoms. The van der Waals surface area contributed by atoms with Crippen molar-refractivity contribution in [2.75, 3.05) is 7.11 Å². The third-order valence-electron chi connectivity index (χ3n) is 4.41. The van der Waals surface area contributed by atoms with Crippen LogP contribution in [0, 0.1) is 11.8 Å². The highest BCUT2D eigenvalue weighted by molar-refractivity contribution is 6.05. The number of hydrogen-bond acceptors (Lipinski definition) is 3. The topological polar surface area (TPSA) is 46.6 Å². The summed E-state index contributed by atoms with van der Waals surface area (Å²) >= 11 is 0. The van der Waals surface area contributed by atoms with E-state index in [2.05, 4.69) is 6.08 Å². The van der Waals surface area contributed by atoms with Crippen molar-refractivity contribution in [3.05, 3.63) is 41.5 Å². The first kappa shape index (κ1) is 13.9. The Morgan fingerprint density at radius 1 is 1.14 bits per heavy atom. The lowest BCUT2D eigenvalue weighted by Gasteiger charge is -2.19. The number of methoxy groups -OCH3 is 1. The summed E-state index contributed by atoms with van der Waals surface area (Å²) in [5, 5.41) is 0. The third kappa shape index (κ3) is 2.46. The van der Waals surface area contributed by atoms with Crippen LogP contribution >= 0.6 is 0 Å². The first-order chi connectivity index (χ1) is 10.1. The number of benzene rings is 1. The number of amides is 2. The summed E-state index contributed by atoms with van der Waals surface area (Å²) in [6.45, 7) is 2.38. The molecule has 1 aromatic rings. The van der Waals surface area contributed by atoms with Crippen molar-refractivity contribution in [3.8, 4) is 5.75 Å². The fraction of sp³-hybridized carbons (Fsp3) is 0.412. The van der Waals surface area contributed by atoms with Crippen LogP contribution in [0.4, 0.5) is 0 Å². The van der Waals surface area contributed by atoms with Crippen molar-refractivity contribution >= 4 is 11.8 Å². The van der Waals surface area contributed by atoms with E-state index in [1.807, 2.05) is 31.2 Å². The predicted molar refractivity (Wildman–Crippen MR) is 78.5 cm³/mol. The molecule has 2 aliphatic rings. The lowest BCUT2D eigenvalue weighted by atomic mass is 9.82. The molecule has 4 nitrogen and oxygen atoms in total. The summed E-state index contributed by atoms with van der Waals surface area (Å²) in [6, 6.07) is 7.48. The molecule has 2 amide bonds. The fourth-order valence-electron chi connectivity index (χ4n) is 3.18. The predicted octanol–water partition coefficient (Wildman–Crippen LogP) is 2.54. The Morgan fingerprint density at radius 3 is 2.48 bits per heavy atom. The SMILES string of the molecule is COc1ccc(CN2C(=O)[C@@H]3CC=C(C)C[C@H]3C2=O)cc1. The molecular formula is C17H19NO3. The molecule has 1 saturated heterocycles. The largest absolute Gasteiger partial charge is 0.497 e. The van der Waals surface area contributed by atoms with Gasteiger partial charge in [0.15, 0.2) is 0 Å². The minimum absolute atomic E-state index is 0.0201. The van der Waals surface area contributed by atoms with Gasteiger partial charge in [-0.3, -0.25) is 14.5 Å². The smallest absolute Gasteiger partial charge is 0.233 e. The number of allylic oxidation sites excluding steroid dienone is 2. The molecule has 0 spiro atoms. The van der Waals surface area contributed by atoms with Crippen LogP contribution in [0.25, 0.3) is 0 Å². The second kappa shape index (κ2) is 5.35. The molecule has 2 atom stereocenters. The van der Waals surface area contributed by atoms with E-state index in [4.69, 9.17) is 4.74 Å². The van der Waals surface area contributed by atoms with Crippen molar-refractivity contribution in [3.63, 3.8) is 0 Å². The third-order valence-corrected chi connectivity index (χ3v) is 4.41. The normalized spacial score (nSPS) is 24.9. The van der Waals surface area contributed by atoms with E-state index in [1.165, 1.54) is 10.5 Å². The van der Waals surface area contributed by atoms with E-state index in [0.717, 1.165) is 11.3 Å². The number of carbonyl (C=O) groups excluding carboxylic acids is 2. The van der Waals surface area contributed by atoms with Crippen molar-refractivity contribution < 1.29 is 14.3 Å². The zero-order valence-corrected chi connectivity index (χ0v) is 12.3. The summed E-state index contributed by atoms with van der Waals surface area (Å²) in [5.74, 6) is 0.421. The Labute approximate surface area is 124 Å². The first-order valence-corrected chi connectivity index (χ1v) is 7.24. The molecule has 1 aliphatic carbocycles.